The molecule has 0 radical (unpaired) electrons. The van der Waals surface area contributed by atoms with E-state index in [4.69, 9.17) is 4.74 Å². The molecule has 37 heavy (non-hydrogen) atoms. The number of ether oxygens (including phenoxy) is 1. The van der Waals surface area contributed by atoms with Crippen LogP contribution in [-0.4, -0.2) is 21.0 Å². The van der Waals surface area contributed by atoms with Crippen molar-refractivity contribution in [1.82, 2.24) is 4.90 Å². The van der Waals surface area contributed by atoms with Gasteiger partial charge in [-0.3, -0.25) is 24.6 Å². The van der Waals surface area contributed by atoms with Crippen molar-refractivity contribution < 1.29 is 36.8 Å². The number of hydrogen-bond acceptors (Lipinski definition) is 6. The Kier molecular flexibility index (Phi) is 7.37. The molecule has 1 saturated heterocycles. The number of nitrogens with zero attached hydrogens (tertiary/aromatic N) is 2. The van der Waals surface area contributed by atoms with E-state index in [1.807, 2.05) is 0 Å². The van der Waals surface area contributed by atoms with Gasteiger partial charge in [0.05, 0.1) is 26.4 Å². The smallest absolute Gasteiger partial charge is 0.416 e. The van der Waals surface area contributed by atoms with E-state index in [9.17, 15) is 37.3 Å². The summed E-state index contributed by atoms with van der Waals surface area (Å²) in [7, 11) is 0. The van der Waals surface area contributed by atoms with E-state index >= 15 is 0 Å². The van der Waals surface area contributed by atoms with E-state index in [-0.39, 0.29) is 27.2 Å². The molecule has 0 unspecified atom stereocenters. The molecule has 7 nitrogen and oxygen atoms in total. The first kappa shape index (κ1) is 26.4. The van der Waals surface area contributed by atoms with E-state index in [0.717, 1.165) is 11.0 Å². The van der Waals surface area contributed by atoms with Crippen LogP contribution in [-0.2, 0) is 17.5 Å². The second-order valence-corrected chi connectivity index (χ2v) is 9.44. The topological polar surface area (TPSA) is 89.7 Å². The molecule has 0 saturated carbocycles. The fourth-order valence-electron chi connectivity index (χ4n) is 3.32. The molecule has 190 valence electrons. The molecule has 1 heterocycles. The Morgan fingerprint density at radius 2 is 1.76 bits per heavy atom. The largest absolute Gasteiger partial charge is 0.449 e. The lowest BCUT2D eigenvalue weighted by Crippen LogP contribution is -2.27. The number of alkyl halides is 3. The van der Waals surface area contributed by atoms with Gasteiger partial charge in [0.1, 0.15) is 11.6 Å². The summed E-state index contributed by atoms with van der Waals surface area (Å²) in [6.07, 6.45) is -3.33. The SMILES string of the molecule is O=C1S/C(=C/c2ccc(Oc3ccc(C(F)(F)F)cc3[N+](=O)[O-])c(Br)c2)C(=O)N1Cc1ccccc1F. The van der Waals surface area contributed by atoms with Gasteiger partial charge in [0.15, 0.2) is 0 Å². The minimum Gasteiger partial charge on any atom is -0.449 e. The first-order valence-corrected chi connectivity index (χ1v) is 11.9. The van der Waals surface area contributed by atoms with Gasteiger partial charge in [-0.05, 0) is 69.7 Å². The lowest BCUT2D eigenvalue weighted by atomic mass is 10.1. The molecule has 0 N–H and O–H groups in total. The number of carbonyl (C=O) groups excluding carboxylic acids is 2. The molecule has 13 heteroatoms. The minimum absolute atomic E-state index is 0.0627. The van der Waals surface area contributed by atoms with Crippen LogP contribution in [0.5, 0.6) is 11.5 Å². The van der Waals surface area contributed by atoms with Gasteiger partial charge in [0.2, 0.25) is 5.75 Å². The molecule has 0 aliphatic carbocycles. The summed E-state index contributed by atoms with van der Waals surface area (Å²) in [5, 5.41) is 10.7. The van der Waals surface area contributed by atoms with Gasteiger partial charge in [-0.25, -0.2) is 4.39 Å². The van der Waals surface area contributed by atoms with Crippen molar-refractivity contribution in [3.63, 3.8) is 0 Å². The quantitative estimate of drug-likeness (QED) is 0.126. The highest BCUT2D eigenvalue weighted by Crippen LogP contribution is 2.40. The van der Waals surface area contributed by atoms with Crippen LogP contribution in [0.15, 0.2) is 70.0 Å². The van der Waals surface area contributed by atoms with Crippen LogP contribution in [0.2, 0.25) is 0 Å². The number of hydrogen-bond donors (Lipinski definition) is 0. The third kappa shape index (κ3) is 5.83. The molecule has 1 aliphatic rings. The Hall–Kier alpha value is -3.71. The van der Waals surface area contributed by atoms with Gasteiger partial charge in [0.25, 0.3) is 11.1 Å². The zero-order valence-electron chi connectivity index (χ0n) is 18.3. The van der Waals surface area contributed by atoms with Crippen molar-refractivity contribution in [2.75, 3.05) is 0 Å². The Morgan fingerprint density at radius 1 is 1.05 bits per heavy atom. The van der Waals surface area contributed by atoms with Crippen LogP contribution in [0.3, 0.4) is 0 Å². The van der Waals surface area contributed by atoms with Crippen molar-refractivity contribution in [3.8, 4) is 11.5 Å². The molecule has 0 aromatic heterocycles. The predicted molar refractivity (Wildman–Crippen MR) is 130 cm³/mol. The van der Waals surface area contributed by atoms with Gasteiger partial charge >= 0.3 is 11.9 Å². The normalized spacial score (nSPS) is 14.9. The van der Waals surface area contributed by atoms with Crippen LogP contribution in [0.4, 0.5) is 28.0 Å². The summed E-state index contributed by atoms with van der Waals surface area (Å²) in [5.74, 6) is -1.48. The van der Waals surface area contributed by atoms with Crippen LogP contribution >= 0.6 is 27.7 Å². The maximum Gasteiger partial charge on any atom is 0.416 e. The van der Waals surface area contributed by atoms with Crippen molar-refractivity contribution >= 4 is 50.6 Å². The monoisotopic (exact) mass is 596 g/mol. The Labute approximate surface area is 219 Å². The predicted octanol–water partition coefficient (Wildman–Crippen LogP) is 7.54. The van der Waals surface area contributed by atoms with E-state index < -0.39 is 45.1 Å². The van der Waals surface area contributed by atoms with Crippen LogP contribution in [0.1, 0.15) is 16.7 Å². The van der Waals surface area contributed by atoms with E-state index in [1.165, 1.54) is 42.5 Å². The molecule has 0 atom stereocenters. The van der Waals surface area contributed by atoms with E-state index in [1.54, 1.807) is 6.07 Å². The maximum absolute atomic E-state index is 13.9. The number of carbonyl (C=O) groups is 2. The van der Waals surface area contributed by atoms with E-state index in [0.29, 0.717) is 29.5 Å². The third-order valence-electron chi connectivity index (χ3n) is 5.12. The Morgan fingerprint density at radius 3 is 2.41 bits per heavy atom. The molecule has 4 rings (SSSR count). The highest BCUT2D eigenvalue weighted by Gasteiger charge is 2.36. The lowest BCUT2D eigenvalue weighted by Gasteiger charge is -2.13. The highest BCUT2D eigenvalue weighted by atomic mass is 79.9. The fraction of sp³-hybridized carbons (Fsp3) is 0.0833. The summed E-state index contributed by atoms with van der Waals surface area (Å²) >= 11 is 3.92. The van der Waals surface area contributed by atoms with Crippen molar-refractivity contribution in [1.29, 1.82) is 0 Å². The number of thioether (sulfide) groups is 1. The van der Waals surface area contributed by atoms with E-state index in [2.05, 4.69) is 15.9 Å². The number of amides is 2. The van der Waals surface area contributed by atoms with Crippen LogP contribution < -0.4 is 4.74 Å². The van der Waals surface area contributed by atoms with Gasteiger partial charge in [-0.15, -0.1) is 0 Å². The number of nitro benzene ring substituents is 1. The minimum atomic E-state index is -4.76. The number of rotatable bonds is 6. The molecule has 3 aromatic carbocycles. The summed E-state index contributed by atoms with van der Waals surface area (Å²) in [4.78, 5) is 36.4. The zero-order chi connectivity index (χ0) is 26.9. The average molecular weight is 597 g/mol. The molecule has 0 spiro atoms. The van der Waals surface area contributed by atoms with Crippen LogP contribution in [0, 0.1) is 15.9 Å². The number of benzene rings is 3. The maximum atomic E-state index is 13.9. The standard InChI is InChI=1S/C24H13BrF4N2O5S/c25-16-9-13(10-21-22(32)30(23(33)37-21)12-14-3-1-2-4-17(14)26)5-7-19(16)36-20-8-6-15(24(27,28)29)11-18(20)31(34)35/h1-11H,12H2/b21-10+. The van der Waals surface area contributed by atoms with Crippen molar-refractivity contribution in [2.24, 2.45) is 0 Å². The number of imide groups is 1. The van der Waals surface area contributed by atoms with Crippen LogP contribution in [0.25, 0.3) is 6.08 Å². The summed E-state index contributed by atoms with van der Waals surface area (Å²) in [6.45, 7) is -0.225. The highest BCUT2D eigenvalue weighted by molar-refractivity contribution is 9.10. The second-order valence-electron chi connectivity index (χ2n) is 7.59. The number of halogens is 5. The summed E-state index contributed by atoms with van der Waals surface area (Å²) in [6, 6.07) is 12.1. The first-order chi connectivity index (χ1) is 17.4. The summed E-state index contributed by atoms with van der Waals surface area (Å²) in [5.41, 5.74) is -1.41. The summed E-state index contributed by atoms with van der Waals surface area (Å²) < 4.78 is 58.5. The first-order valence-electron chi connectivity index (χ1n) is 10.3. The number of nitro groups is 1. The molecule has 0 bridgehead atoms. The fourth-order valence-corrected chi connectivity index (χ4v) is 4.63. The second kappa shape index (κ2) is 10.3. The van der Waals surface area contributed by atoms with Gasteiger partial charge in [-0.2, -0.15) is 13.2 Å². The molecular weight excluding hydrogens is 584 g/mol. The molecule has 2 amide bonds. The van der Waals surface area contributed by atoms with Gasteiger partial charge < -0.3 is 4.74 Å². The average Bonchev–Trinajstić information content (AvgIpc) is 3.08. The molecule has 3 aromatic rings. The molecule has 1 fully saturated rings. The Balaban J connectivity index is 1.55. The van der Waals surface area contributed by atoms with Crippen molar-refractivity contribution in [2.45, 2.75) is 12.7 Å². The molecular formula is C24H13BrF4N2O5S. The lowest BCUT2D eigenvalue weighted by molar-refractivity contribution is -0.385. The Bertz CT molecular complexity index is 1460. The zero-order valence-corrected chi connectivity index (χ0v) is 20.7. The molecule has 1 aliphatic heterocycles. The van der Waals surface area contributed by atoms with Gasteiger partial charge in [-0.1, -0.05) is 24.3 Å². The van der Waals surface area contributed by atoms with Gasteiger partial charge in [0, 0.05) is 11.6 Å². The van der Waals surface area contributed by atoms with Crippen molar-refractivity contribution in [3.05, 3.63) is 103 Å². The third-order valence-corrected chi connectivity index (χ3v) is 6.64.